The number of anilines is 1. The van der Waals surface area contributed by atoms with E-state index in [4.69, 9.17) is 4.74 Å². The molecular weight excluding hydrogens is 396 g/mol. The topological polar surface area (TPSA) is 96.8 Å². The van der Waals surface area contributed by atoms with E-state index in [1.807, 2.05) is 13.8 Å². The molecule has 0 saturated carbocycles. The monoisotopic (exact) mass is 422 g/mol. The van der Waals surface area contributed by atoms with Gasteiger partial charge in [0.1, 0.15) is 0 Å². The fourth-order valence-electron chi connectivity index (χ4n) is 3.64. The fraction of sp³-hybridized carbons (Fsp3) is 0.333. The SMILES string of the molecule is CCOC(=O)Cc1ccc(N2C(=O)C(O)=C(C(=O)CC(C)C)C2c2cccnc2)cc1. The maximum Gasteiger partial charge on any atom is 0.310 e. The first kappa shape index (κ1) is 22.2. The van der Waals surface area contributed by atoms with Crippen molar-refractivity contribution in [3.8, 4) is 0 Å². The highest BCUT2D eigenvalue weighted by atomic mass is 16.5. The van der Waals surface area contributed by atoms with E-state index in [2.05, 4.69) is 4.98 Å². The van der Waals surface area contributed by atoms with E-state index in [1.165, 1.54) is 4.90 Å². The largest absolute Gasteiger partial charge is 0.503 e. The summed E-state index contributed by atoms with van der Waals surface area (Å²) in [5, 5.41) is 10.6. The second-order valence-electron chi connectivity index (χ2n) is 7.80. The van der Waals surface area contributed by atoms with E-state index < -0.39 is 17.7 Å². The van der Waals surface area contributed by atoms with Crippen LogP contribution in [0.4, 0.5) is 5.69 Å². The summed E-state index contributed by atoms with van der Waals surface area (Å²) in [5.41, 5.74) is 1.95. The number of pyridine rings is 1. The third-order valence-corrected chi connectivity index (χ3v) is 4.97. The number of benzene rings is 1. The first-order valence-corrected chi connectivity index (χ1v) is 10.3. The standard InChI is InChI=1S/C24H26N2O5/c1-4-31-20(28)13-16-7-9-18(10-8-16)26-22(17-6-5-11-25-14-17)21(23(29)24(26)30)19(27)12-15(2)3/h5-11,14-15,22,29H,4,12-13H2,1-3H3. The van der Waals surface area contributed by atoms with Gasteiger partial charge in [0.15, 0.2) is 11.5 Å². The van der Waals surface area contributed by atoms with Gasteiger partial charge < -0.3 is 9.84 Å². The van der Waals surface area contributed by atoms with Crippen molar-refractivity contribution in [2.45, 2.75) is 39.7 Å². The van der Waals surface area contributed by atoms with Crippen LogP contribution in [0.3, 0.4) is 0 Å². The van der Waals surface area contributed by atoms with Crippen LogP contribution in [0.15, 0.2) is 60.1 Å². The summed E-state index contributed by atoms with van der Waals surface area (Å²) in [6.07, 6.45) is 3.53. The van der Waals surface area contributed by atoms with Crippen LogP contribution in [0, 0.1) is 5.92 Å². The van der Waals surface area contributed by atoms with Gasteiger partial charge in [-0.05, 0) is 42.2 Å². The number of aromatic nitrogens is 1. The van der Waals surface area contributed by atoms with Crippen LogP contribution < -0.4 is 4.90 Å². The van der Waals surface area contributed by atoms with Gasteiger partial charge >= 0.3 is 5.97 Å². The van der Waals surface area contributed by atoms with Crippen LogP contribution in [-0.4, -0.2) is 34.4 Å². The molecule has 1 aromatic carbocycles. The lowest BCUT2D eigenvalue weighted by molar-refractivity contribution is -0.142. The molecule has 1 unspecified atom stereocenters. The van der Waals surface area contributed by atoms with E-state index in [9.17, 15) is 19.5 Å². The van der Waals surface area contributed by atoms with Crippen molar-refractivity contribution in [2.75, 3.05) is 11.5 Å². The second-order valence-corrected chi connectivity index (χ2v) is 7.80. The van der Waals surface area contributed by atoms with Crippen LogP contribution in [-0.2, 0) is 25.5 Å². The molecule has 1 amide bonds. The second kappa shape index (κ2) is 9.55. The molecular formula is C24H26N2O5. The average Bonchev–Trinajstić information content (AvgIpc) is 3.00. The molecule has 0 bridgehead atoms. The molecule has 1 N–H and O–H groups in total. The molecule has 2 aromatic rings. The van der Waals surface area contributed by atoms with Crippen molar-refractivity contribution >= 4 is 23.3 Å². The van der Waals surface area contributed by atoms with E-state index in [0.717, 1.165) is 5.56 Å². The van der Waals surface area contributed by atoms with Gasteiger partial charge in [-0.1, -0.05) is 32.0 Å². The van der Waals surface area contributed by atoms with Crippen LogP contribution in [0.25, 0.3) is 0 Å². The van der Waals surface area contributed by atoms with E-state index >= 15 is 0 Å². The number of esters is 1. The Morgan fingerprint density at radius 2 is 1.90 bits per heavy atom. The van der Waals surface area contributed by atoms with Gasteiger partial charge in [0.25, 0.3) is 5.91 Å². The molecule has 31 heavy (non-hydrogen) atoms. The molecule has 1 aliphatic heterocycles. The minimum Gasteiger partial charge on any atom is -0.503 e. The van der Waals surface area contributed by atoms with E-state index in [0.29, 0.717) is 17.9 Å². The molecule has 1 aliphatic rings. The highest BCUT2D eigenvalue weighted by Crippen LogP contribution is 2.41. The van der Waals surface area contributed by atoms with Crippen LogP contribution in [0.5, 0.6) is 0 Å². The summed E-state index contributed by atoms with van der Waals surface area (Å²) < 4.78 is 4.97. The minimum atomic E-state index is -0.775. The highest BCUT2D eigenvalue weighted by molar-refractivity contribution is 6.16. The quantitative estimate of drug-likeness (QED) is 0.652. The van der Waals surface area contributed by atoms with Crippen LogP contribution in [0.2, 0.25) is 0 Å². The van der Waals surface area contributed by atoms with Gasteiger partial charge in [0.2, 0.25) is 0 Å². The molecule has 162 valence electrons. The zero-order valence-corrected chi connectivity index (χ0v) is 17.9. The van der Waals surface area contributed by atoms with Crippen molar-refractivity contribution in [3.63, 3.8) is 0 Å². The van der Waals surface area contributed by atoms with Gasteiger partial charge in [-0.3, -0.25) is 24.3 Å². The van der Waals surface area contributed by atoms with E-state index in [1.54, 1.807) is 55.7 Å². The first-order valence-electron chi connectivity index (χ1n) is 10.3. The van der Waals surface area contributed by atoms with Crippen molar-refractivity contribution in [2.24, 2.45) is 5.92 Å². The van der Waals surface area contributed by atoms with Crippen molar-refractivity contribution < 1.29 is 24.2 Å². The number of aliphatic hydroxyl groups excluding tert-OH is 1. The van der Waals surface area contributed by atoms with Crippen molar-refractivity contribution in [3.05, 3.63) is 71.3 Å². The fourth-order valence-corrected chi connectivity index (χ4v) is 3.64. The Morgan fingerprint density at radius 1 is 1.19 bits per heavy atom. The maximum absolute atomic E-state index is 13.0. The normalized spacial score (nSPS) is 16.2. The molecule has 1 atom stereocenters. The summed E-state index contributed by atoms with van der Waals surface area (Å²) in [4.78, 5) is 43.2. The minimum absolute atomic E-state index is 0.0775. The van der Waals surface area contributed by atoms with Crippen LogP contribution >= 0.6 is 0 Å². The molecule has 2 heterocycles. The first-order chi connectivity index (χ1) is 14.8. The van der Waals surface area contributed by atoms with Crippen molar-refractivity contribution in [1.82, 2.24) is 4.98 Å². The lowest BCUT2D eigenvalue weighted by Crippen LogP contribution is -2.31. The van der Waals surface area contributed by atoms with Gasteiger partial charge in [0.05, 0.1) is 24.6 Å². The third-order valence-electron chi connectivity index (χ3n) is 4.97. The Bertz CT molecular complexity index is 996. The lowest BCUT2D eigenvalue weighted by atomic mass is 9.92. The Hall–Kier alpha value is -3.48. The average molecular weight is 422 g/mol. The number of hydrogen-bond acceptors (Lipinski definition) is 6. The number of Topliss-reactive ketones (excluding diaryl/α,β-unsaturated/α-hetero) is 1. The van der Waals surface area contributed by atoms with E-state index in [-0.39, 0.29) is 36.1 Å². The summed E-state index contributed by atoms with van der Waals surface area (Å²) >= 11 is 0. The third kappa shape index (κ3) is 4.82. The molecule has 0 radical (unpaired) electrons. The zero-order chi connectivity index (χ0) is 22.5. The number of hydrogen-bond donors (Lipinski definition) is 1. The van der Waals surface area contributed by atoms with Gasteiger partial charge in [-0.2, -0.15) is 0 Å². The molecule has 0 fully saturated rings. The predicted octanol–water partition coefficient (Wildman–Crippen LogP) is 3.70. The molecule has 0 spiro atoms. The number of ether oxygens (including phenoxy) is 1. The summed E-state index contributed by atoms with van der Waals surface area (Å²) in [7, 11) is 0. The highest BCUT2D eigenvalue weighted by Gasteiger charge is 2.44. The Morgan fingerprint density at radius 3 is 2.48 bits per heavy atom. The Balaban J connectivity index is 1.98. The number of carbonyl (C=O) groups excluding carboxylic acids is 3. The number of amides is 1. The van der Waals surface area contributed by atoms with Gasteiger partial charge in [-0.15, -0.1) is 0 Å². The number of rotatable bonds is 8. The van der Waals surface area contributed by atoms with Gasteiger partial charge in [-0.25, -0.2) is 0 Å². The Kier molecular flexibility index (Phi) is 6.84. The van der Waals surface area contributed by atoms with Crippen molar-refractivity contribution in [1.29, 1.82) is 0 Å². The number of carbonyl (C=O) groups is 3. The molecule has 3 rings (SSSR count). The zero-order valence-electron chi connectivity index (χ0n) is 17.9. The summed E-state index contributed by atoms with van der Waals surface area (Å²) in [6.45, 7) is 5.87. The molecule has 1 aromatic heterocycles. The number of nitrogens with zero attached hydrogens (tertiary/aromatic N) is 2. The molecule has 7 heteroatoms. The summed E-state index contributed by atoms with van der Waals surface area (Å²) in [5.74, 6) is -1.69. The number of aliphatic hydroxyl groups is 1. The Labute approximate surface area is 181 Å². The molecule has 0 aliphatic carbocycles. The number of ketones is 1. The van der Waals surface area contributed by atoms with Crippen LogP contribution in [0.1, 0.15) is 44.4 Å². The predicted molar refractivity (Wildman–Crippen MR) is 115 cm³/mol. The molecule has 0 saturated heterocycles. The smallest absolute Gasteiger partial charge is 0.310 e. The molecule has 7 nitrogen and oxygen atoms in total. The summed E-state index contributed by atoms with van der Waals surface area (Å²) in [6, 6.07) is 9.56. The maximum atomic E-state index is 13.0. The lowest BCUT2D eigenvalue weighted by Gasteiger charge is -2.27. The van der Waals surface area contributed by atoms with Gasteiger partial charge in [0, 0.05) is 24.5 Å².